The second-order valence-electron chi connectivity index (χ2n) is 6.35. The highest BCUT2D eigenvalue weighted by molar-refractivity contribution is 4.87. The van der Waals surface area contributed by atoms with Crippen molar-refractivity contribution in [3.8, 4) is 0 Å². The Kier molecular flexibility index (Phi) is 5.75. The molecule has 0 spiro atoms. The van der Waals surface area contributed by atoms with Gasteiger partial charge in [0.1, 0.15) is 0 Å². The van der Waals surface area contributed by atoms with E-state index in [-0.39, 0.29) is 0 Å². The van der Waals surface area contributed by atoms with Gasteiger partial charge in [0.25, 0.3) is 0 Å². The molecule has 0 saturated heterocycles. The Morgan fingerprint density at radius 3 is 2.00 bits per heavy atom. The summed E-state index contributed by atoms with van der Waals surface area (Å²) >= 11 is 0. The van der Waals surface area contributed by atoms with Crippen molar-refractivity contribution in [2.45, 2.75) is 58.3 Å². The van der Waals surface area contributed by atoms with Gasteiger partial charge in [0.15, 0.2) is 0 Å². The van der Waals surface area contributed by atoms with Gasteiger partial charge in [0.05, 0.1) is 0 Å². The molecule has 0 atom stereocenters. The zero-order valence-corrected chi connectivity index (χ0v) is 12.1. The fraction of sp³-hybridized carbons (Fsp3) is 0.882. The standard InChI is InChI=1S/C17H30O/c1-3-14-5-9-16(10-6-14)17-11-7-15(8-12-17)13-18-4-2/h3,14-17H,1,4-13H2,2H3. The number of allylic oxidation sites excluding steroid dienone is 1. The lowest BCUT2D eigenvalue weighted by Gasteiger charge is -2.37. The maximum Gasteiger partial charge on any atom is 0.0494 e. The maximum atomic E-state index is 5.57. The van der Waals surface area contributed by atoms with Crippen molar-refractivity contribution in [2.24, 2.45) is 23.7 Å². The molecule has 0 heterocycles. The summed E-state index contributed by atoms with van der Waals surface area (Å²) in [5.41, 5.74) is 0. The van der Waals surface area contributed by atoms with E-state index in [1.165, 1.54) is 51.4 Å². The maximum absolute atomic E-state index is 5.57. The molecule has 0 aromatic rings. The van der Waals surface area contributed by atoms with Gasteiger partial charge in [-0.25, -0.2) is 0 Å². The first-order valence-electron chi connectivity index (χ1n) is 8.03. The van der Waals surface area contributed by atoms with E-state index in [1.54, 1.807) is 0 Å². The van der Waals surface area contributed by atoms with Gasteiger partial charge in [-0.05, 0) is 82.0 Å². The van der Waals surface area contributed by atoms with Crippen LogP contribution in [-0.2, 0) is 4.74 Å². The van der Waals surface area contributed by atoms with Gasteiger partial charge < -0.3 is 4.74 Å². The van der Waals surface area contributed by atoms with E-state index < -0.39 is 0 Å². The van der Waals surface area contributed by atoms with Crippen LogP contribution in [0.5, 0.6) is 0 Å². The number of ether oxygens (including phenoxy) is 1. The first-order chi connectivity index (χ1) is 8.83. The van der Waals surface area contributed by atoms with Crippen LogP contribution in [-0.4, -0.2) is 13.2 Å². The van der Waals surface area contributed by atoms with E-state index in [0.717, 1.165) is 36.9 Å². The van der Waals surface area contributed by atoms with Crippen LogP contribution in [0.4, 0.5) is 0 Å². The predicted octanol–water partition coefficient (Wildman–Crippen LogP) is 4.82. The van der Waals surface area contributed by atoms with Gasteiger partial charge in [-0.15, -0.1) is 6.58 Å². The molecule has 2 fully saturated rings. The SMILES string of the molecule is C=CC1CCC(C2CCC(COCC)CC2)CC1. The zero-order valence-electron chi connectivity index (χ0n) is 12.1. The number of rotatable bonds is 5. The molecule has 2 aliphatic rings. The number of hydrogen-bond acceptors (Lipinski definition) is 1. The molecule has 0 bridgehead atoms. The second-order valence-corrected chi connectivity index (χ2v) is 6.35. The first-order valence-corrected chi connectivity index (χ1v) is 8.03. The molecule has 2 aliphatic carbocycles. The minimum atomic E-state index is 0.815. The highest BCUT2D eigenvalue weighted by atomic mass is 16.5. The average Bonchev–Trinajstić information content (AvgIpc) is 2.46. The highest BCUT2D eigenvalue weighted by Gasteiger charge is 2.30. The summed E-state index contributed by atoms with van der Waals surface area (Å²) in [6.07, 6.45) is 13.6. The fourth-order valence-corrected chi connectivity index (χ4v) is 3.96. The van der Waals surface area contributed by atoms with E-state index in [9.17, 15) is 0 Å². The third-order valence-electron chi connectivity index (χ3n) is 5.27. The van der Waals surface area contributed by atoms with Gasteiger partial charge in [0.2, 0.25) is 0 Å². The Labute approximate surface area is 113 Å². The van der Waals surface area contributed by atoms with Crippen molar-refractivity contribution in [3.63, 3.8) is 0 Å². The molecule has 2 saturated carbocycles. The average molecular weight is 250 g/mol. The van der Waals surface area contributed by atoms with Crippen LogP contribution >= 0.6 is 0 Å². The van der Waals surface area contributed by atoms with Gasteiger partial charge in [-0.2, -0.15) is 0 Å². The molecule has 18 heavy (non-hydrogen) atoms. The Morgan fingerprint density at radius 2 is 1.50 bits per heavy atom. The molecule has 0 unspecified atom stereocenters. The predicted molar refractivity (Wildman–Crippen MR) is 77.6 cm³/mol. The fourth-order valence-electron chi connectivity index (χ4n) is 3.96. The van der Waals surface area contributed by atoms with Gasteiger partial charge in [-0.3, -0.25) is 0 Å². The van der Waals surface area contributed by atoms with Crippen molar-refractivity contribution in [3.05, 3.63) is 12.7 Å². The third kappa shape index (κ3) is 3.85. The van der Waals surface area contributed by atoms with Gasteiger partial charge >= 0.3 is 0 Å². The molecule has 1 nitrogen and oxygen atoms in total. The van der Waals surface area contributed by atoms with E-state index in [4.69, 9.17) is 4.74 Å². The van der Waals surface area contributed by atoms with Crippen LogP contribution in [0, 0.1) is 23.7 Å². The smallest absolute Gasteiger partial charge is 0.0494 e. The minimum Gasteiger partial charge on any atom is -0.381 e. The summed E-state index contributed by atoms with van der Waals surface area (Å²) in [5, 5.41) is 0. The lowest BCUT2D eigenvalue weighted by molar-refractivity contribution is 0.0727. The Balaban J connectivity index is 1.68. The van der Waals surface area contributed by atoms with Crippen molar-refractivity contribution in [1.29, 1.82) is 0 Å². The van der Waals surface area contributed by atoms with Crippen LogP contribution in [0.3, 0.4) is 0 Å². The van der Waals surface area contributed by atoms with Crippen molar-refractivity contribution < 1.29 is 4.74 Å². The topological polar surface area (TPSA) is 9.23 Å². The normalized spacial score (nSPS) is 37.4. The molecule has 1 heteroatoms. The van der Waals surface area contributed by atoms with Crippen LogP contribution in [0.2, 0.25) is 0 Å². The van der Waals surface area contributed by atoms with Crippen LogP contribution in [0.1, 0.15) is 58.3 Å². The Hall–Kier alpha value is -0.300. The van der Waals surface area contributed by atoms with Crippen LogP contribution in [0.15, 0.2) is 12.7 Å². The molecular formula is C17H30O. The monoisotopic (exact) mass is 250 g/mol. The summed E-state index contributed by atoms with van der Waals surface area (Å²) in [5.74, 6) is 3.71. The van der Waals surface area contributed by atoms with E-state index in [1.807, 2.05) is 0 Å². The van der Waals surface area contributed by atoms with Gasteiger partial charge in [-0.1, -0.05) is 6.08 Å². The van der Waals surface area contributed by atoms with Gasteiger partial charge in [0, 0.05) is 13.2 Å². The van der Waals surface area contributed by atoms with Crippen LogP contribution < -0.4 is 0 Å². The third-order valence-corrected chi connectivity index (χ3v) is 5.27. The van der Waals surface area contributed by atoms with Crippen molar-refractivity contribution in [2.75, 3.05) is 13.2 Å². The van der Waals surface area contributed by atoms with E-state index >= 15 is 0 Å². The first kappa shape index (κ1) is 14.1. The summed E-state index contributed by atoms with van der Waals surface area (Å²) in [6.45, 7) is 7.93. The summed E-state index contributed by atoms with van der Waals surface area (Å²) in [6, 6.07) is 0. The molecule has 2 rings (SSSR count). The second kappa shape index (κ2) is 7.33. The molecule has 0 radical (unpaired) electrons. The molecule has 0 aliphatic heterocycles. The molecule has 0 amide bonds. The minimum absolute atomic E-state index is 0.815. The quantitative estimate of drug-likeness (QED) is 0.636. The Morgan fingerprint density at radius 1 is 0.944 bits per heavy atom. The summed E-state index contributed by atoms with van der Waals surface area (Å²) in [4.78, 5) is 0. The molecule has 104 valence electrons. The molecule has 0 aromatic carbocycles. The Bertz CT molecular complexity index is 232. The van der Waals surface area contributed by atoms with E-state index in [2.05, 4.69) is 19.6 Å². The highest BCUT2D eigenvalue weighted by Crippen LogP contribution is 2.41. The molecule has 0 N–H and O–H groups in total. The van der Waals surface area contributed by atoms with Crippen molar-refractivity contribution >= 4 is 0 Å². The largest absolute Gasteiger partial charge is 0.381 e. The lowest BCUT2D eigenvalue weighted by Crippen LogP contribution is -2.26. The summed E-state index contributed by atoms with van der Waals surface area (Å²) in [7, 11) is 0. The van der Waals surface area contributed by atoms with Crippen LogP contribution in [0.25, 0.3) is 0 Å². The zero-order chi connectivity index (χ0) is 12.8. The molecule has 0 aromatic heterocycles. The summed E-state index contributed by atoms with van der Waals surface area (Å²) < 4.78 is 5.57. The molecular weight excluding hydrogens is 220 g/mol. The van der Waals surface area contributed by atoms with Crippen molar-refractivity contribution in [1.82, 2.24) is 0 Å². The number of hydrogen-bond donors (Lipinski definition) is 0. The lowest BCUT2D eigenvalue weighted by atomic mass is 9.69. The van der Waals surface area contributed by atoms with E-state index in [0.29, 0.717) is 0 Å².